The number of benzene rings is 2. The lowest BCUT2D eigenvalue weighted by molar-refractivity contribution is 0.597. The number of hydrogen-bond donors (Lipinski definition) is 2. The van der Waals surface area contributed by atoms with Crippen LogP contribution in [0.3, 0.4) is 0 Å². The standard InChI is InChI=1S/C15H12FN3O3S/c16-11-5-2-6-12-14(11)15(20)19-13(18-12)8-9-3-1-4-10(7-9)23(17,21)22/h1-7H,8H2,(H2,17,21,22)(H,18,19,20). The zero-order valence-electron chi connectivity index (χ0n) is 11.8. The van der Waals surface area contributed by atoms with Gasteiger partial charge in [0.05, 0.1) is 10.4 Å². The largest absolute Gasteiger partial charge is 0.310 e. The maximum absolute atomic E-state index is 13.6. The van der Waals surface area contributed by atoms with E-state index in [2.05, 4.69) is 9.97 Å². The van der Waals surface area contributed by atoms with Crippen molar-refractivity contribution in [2.24, 2.45) is 5.14 Å². The van der Waals surface area contributed by atoms with Crippen molar-refractivity contribution in [2.75, 3.05) is 0 Å². The van der Waals surface area contributed by atoms with Crippen LogP contribution in [-0.4, -0.2) is 18.4 Å². The molecule has 0 saturated heterocycles. The number of aromatic amines is 1. The molecular formula is C15H12FN3O3S. The van der Waals surface area contributed by atoms with E-state index in [1.165, 1.54) is 30.3 Å². The van der Waals surface area contributed by atoms with Crippen molar-refractivity contribution >= 4 is 20.9 Å². The molecular weight excluding hydrogens is 321 g/mol. The van der Waals surface area contributed by atoms with Crippen molar-refractivity contribution in [3.05, 3.63) is 70.0 Å². The number of fused-ring (bicyclic) bond motifs is 1. The van der Waals surface area contributed by atoms with Crippen LogP contribution in [0.5, 0.6) is 0 Å². The Kier molecular flexibility index (Phi) is 3.70. The maximum Gasteiger partial charge on any atom is 0.261 e. The summed E-state index contributed by atoms with van der Waals surface area (Å²) in [5, 5.41) is 4.99. The highest BCUT2D eigenvalue weighted by atomic mass is 32.2. The van der Waals surface area contributed by atoms with Crippen LogP contribution in [0.4, 0.5) is 4.39 Å². The van der Waals surface area contributed by atoms with Gasteiger partial charge in [0.25, 0.3) is 5.56 Å². The third kappa shape index (κ3) is 3.13. The first kappa shape index (κ1) is 15.3. The molecule has 118 valence electrons. The van der Waals surface area contributed by atoms with Crippen LogP contribution < -0.4 is 10.7 Å². The lowest BCUT2D eigenvalue weighted by Gasteiger charge is -2.05. The van der Waals surface area contributed by atoms with Crippen LogP contribution in [0.2, 0.25) is 0 Å². The van der Waals surface area contributed by atoms with Crippen LogP contribution in [0.15, 0.2) is 52.2 Å². The van der Waals surface area contributed by atoms with Gasteiger partial charge in [0, 0.05) is 6.42 Å². The summed E-state index contributed by atoms with van der Waals surface area (Å²) in [5.74, 6) is -0.335. The summed E-state index contributed by atoms with van der Waals surface area (Å²) in [6.07, 6.45) is 0.186. The molecule has 3 aromatic rings. The molecule has 0 bridgehead atoms. The van der Waals surface area contributed by atoms with Gasteiger partial charge in [-0.2, -0.15) is 0 Å². The molecule has 3 N–H and O–H groups in total. The number of aromatic nitrogens is 2. The van der Waals surface area contributed by atoms with Gasteiger partial charge in [-0.25, -0.2) is 22.9 Å². The summed E-state index contributed by atoms with van der Waals surface area (Å²) in [6, 6.07) is 10.2. The van der Waals surface area contributed by atoms with Crippen molar-refractivity contribution in [3.63, 3.8) is 0 Å². The zero-order valence-corrected chi connectivity index (χ0v) is 12.6. The third-order valence-corrected chi connectivity index (χ3v) is 4.24. The van der Waals surface area contributed by atoms with Gasteiger partial charge >= 0.3 is 0 Å². The van der Waals surface area contributed by atoms with E-state index in [1.54, 1.807) is 12.1 Å². The quantitative estimate of drug-likeness (QED) is 0.753. The summed E-state index contributed by atoms with van der Waals surface area (Å²) in [7, 11) is -3.81. The summed E-state index contributed by atoms with van der Waals surface area (Å²) in [5.41, 5.74) is 0.271. The van der Waals surface area contributed by atoms with E-state index in [0.717, 1.165) is 0 Å². The van der Waals surface area contributed by atoms with Crippen molar-refractivity contribution < 1.29 is 12.8 Å². The van der Waals surface area contributed by atoms with Crippen molar-refractivity contribution in [1.29, 1.82) is 0 Å². The van der Waals surface area contributed by atoms with Crippen LogP contribution in [-0.2, 0) is 16.4 Å². The van der Waals surface area contributed by atoms with Gasteiger partial charge in [-0.05, 0) is 29.8 Å². The molecule has 3 rings (SSSR count). The molecule has 0 aliphatic heterocycles. The minimum absolute atomic E-state index is 0.0239. The molecule has 1 heterocycles. The van der Waals surface area contributed by atoms with Gasteiger partial charge in [0.15, 0.2) is 0 Å². The lowest BCUT2D eigenvalue weighted by atomic mass is 10.1. The Bertz CT molecular complexity index is 1060. The molecule has 23 heavy (non-hydrogen) atoms. The Labute approximate surface area is 130 Å². The molecule has 2 aromatic carbocycles. The van der Waals surface area contributed by atoms with Crippen molar-refractivity contribution in [2.45, 2.75) is 11.3 Å². The second-order valence-electron chi connectivity index (χ2n) is 5.02. The van der Waals surface area contributed by atoms with Crippen molar-refractivity contribution in [1.82, 2.24) is 9.97 Å². The first-order chi connectivity index (χ1) is 10.8. The second-order valence-corrected chi connectivity index (χ2v) is 6.58. The van der Waals surface area contributed by atoms with E-state index in [0.29, 0.717) is 11.4 Å². The number of nitrogens with zero attached hydrogens (tertiary/aromatic N) is 1. The zero-order chi connectivity index (χ0) is 16.6. The minimum Gasteiger partial charge on any atom is -0.310 e. The first-order valence-corrected chi connectivity index (χ1v) is 8.18. The normalized spacial score (nSPS) is 11.7. The van der Waals surface area contributed by atoms with Crippen molar-refractivity contribution in [3.8, 4) is 0 Å². The lowest BCUT2D eigenvalue weighted by Crippen LogP contribution is -2.14. The maximum atomic E-state index is 13.6. The summed E-state index contributed by atoms with van der Waals surface area (Å²) >= 11 is 0. The third-order valence-electron chi connectivity index (χ3n) is 3.33. The van der Waals surface area contributed by atoms with Gasteiger partial charge in [-0.3, -0.25) is 4.79 Å². The molecule has 0 unspecified atom stereocenters. The van der Waals surface area contributed by atoms with E-state index in [4.69, 9.17) is 5.14 Å². The average molecular weight is 333 g/mol. The number of halogens is 1. The van der Waals surface area contributed by atoms with Crippen LogP contribution in [0.25, 0.3) is 10.9 Å². The van der Waals surface area contributed by atoms with E-state index < -0.39 is 21.4 Å². The number of sulfonamides is 1. The smallest absolute Gasteiger partial charge is 0.261 e. The van der Waals surface area contributed by atoms with E-state index in [-0.39, 0.29) is 22.2 Å². The van der Waals surface area contributed by atoms with Gasteiger partial charge in [-0.15, -0.1) is 0 Å². The van der Waals surface area contributed by atoms with E-state index in [1.807, 2.05) is 0 Å². The average Bonchev–Trinajstić information content (AvgIpc) is 2.46. The second kappa shape index (κ2) is 5.56. The minimum atomic E-state index is -3.81. The predicted octanol–water partition coefficient (Wildman–Crippen LogP) is 1.30. The molecule has 0 aliphatic rings. The molecule has 6 nitrogen and oxygen atoms in total. The number of H-pyrrole nitrogens is 1. The molecule has 0 aliphatic carbocycles. The fraction of sp³-hybridized carbons (Fsp3) is 0.0667. The van der Waals surface area contributed by atoms with E-state index >= 15 is 0 Å². The number of nitrogens with one attached hydrogen (secondary N) is 1. The Morgan fingerprint density at radius 2 is 1.91 bits per heavy atom. The molecule has 0 amide bonds. The SMILES string of the molecule is NS(=O)(=O)c1cccc(Cc2nc3cccc(F)c3c(=O)[nH]2)c1. The number of primary sulfonamides is 1. The number of nitrogens with two attached hydrogens (primary N) is 1. The summed E-state index contributed by atoms with van der Waals surface area (Å²) in [6.45, 7) is 0. The summed E-state index contributed by atoms with van der Waals surface area (Å²) in [4.78, 5) is 18.7. The first-order valence-electron chi connectivity index (χ1n) is 6.64. The van der Waals surface area contributed by atoms with E-state index in [9.17, 15) is 17.6 Å². The highest BCUT2D eigenvalue weighted by Crippen LogP contribution is 2.15. The van der Waals surface area contributed by atoms with Gasteiger partial charge in [0.2, 0.25) is 10.0 Å². The Morgan fingerprint density at radius 3 is 2.65 bits per heavy atom. The highest BCUT2D eigenvalue weighted by Gasteiger charge is 2.11. The molecule has 0 spiro atoms. The molecule has 8 heteroatoms. The Balaban J connectivity index is 2.04. The molecule has 0 atom stereocenters. The van der Waals surface area contributed by atoms with Crippen LogP contribution in [0.1, 0.15) is 11.4 Å². The predicted molar refractivity (Wildman–Crippen MR) is 82.9 cm³/mol. The molecule has 0 radical (unpaired) electrons. The highest BCUT2D eigenvalue weighted by molar-refractivity contribution is 7.89. The number of hydrogen-bond acceptors (Lipinski definition) is 4. The van der Waals surface area contributed by atoms with Gasteiger partial charge < -0.3 is 4.98 Å². The van der Waals surface area contributed by atoms with Crippen LogP contribution >= 0.6 is 0 Å². The Morgan fingerprint density at radius 1 is 1.17 bits per heavy atom. The number of rotatable bonds is 3. The van der Waals surface area contributed by atoms with Gasteiger partial charge in [-0.1, -0.05) is 18.2 Å². The van der Waals surface area contributed by atoms with Gasteiger partial charge in [0.1, 0.15) is 17.0 Å². The topological polar surface area (TPSA) is 106 Å². The molecule has 0 saturated carbocycles. The molecule has 0 fully saturated rings. The summed E-state index contributed by atoms with van der Waals surface area (Å²) < 4.78 is 36.4. The molecule has 1 aromatic heterocycles. The van der Waals surface area contributed by atoms with Crippen LogP contribution in [0, 0.1) is 5.82 Å². The fourth-order valence-corrected chi connectivity index (χ4v) is 2.89. The Hall–Kier alpha value is -2.58. The monoisotopic (exact) mass is 333 g/mol. The fourth-order valence-electron chi connectivity index (χ4n) is 2.31.